The highest BCUT2D eigenvalue weighted by atomic mass is 19.3. The number of ether oxygens (including phenoxy) is 2. The van der Waals surface area contributed by atoms with Crippen LogP contribution < -0.4 is 15.1 Å². The molecule has 0 amide bonds. The summed E-state index contributed by atoms with van der Waals surface area (Å²) < 4.78 is 39.3. The number of benzene rings is 2. The Bertz CT molecular complexity index is 1020. The lowest BCUT2D eigenvalue weighted by Gasteiger charge is -2.07. The zero-order chi connectivity index (χ0) is 18.5. The van der Waals surface area contributed by atoms with Crippen LogP contribution in [0, 0.1) is 0 Å². The van der Waals surface area contributed by atoms with E-state index in [0.717, 1.165) is 6.08 Å². The molecule has 0 saturated carbocycles. The first-order valence-corrected chi connectivity index (χ1v) is 7.49. The average Bonchev–Trinajstić information content (AvgIpc) is 2.60. The molecule has 0 spiro atoms. The van der Waals surface area contributed by atoms with Crippen LogP contribution in [0.2, 0.25) is 0 Å². The van der Waals surface area contributed by atoms with Gasteiger partial charge in [0.05, 0.1) is 0 Å². The third kappa shape index (κ3) is 4.32. The minimum absolute atomic E-state index is 0.0565. The molecule has 3 aromatic rings. The van der Waals surface area contributed by atoms with Gasteiger partial charge >= 0.3 is 18.2 Å². The number of para-hydroxylation sites is 1. The van der Waals surface area contributed by atoms with Gasteiger partial charge in [-0.1, -0.05) is 18.2 Å². The Morgan fingerprint density at radius 1 is 1.08 bits per heavy atom. The van der Waals surface area contributed by atoms with Crippen molar-refractivity contribution in [2.24, 2.45) is 0 Å². The van der Waals surface area contributed by atoms with Gasteiger partial charge in [-0.3, -0.25) is 0 Å². The zero-order valence-electron chi connectivity index (χ0n) is 13.2. The highest BCUT2D eigenvalue weighted by Gasteiger charge is 2.08. The first-order valence-electron chi connectivity index (χ1n) is 7.49. The maximum atomic E-state index is 12.4. The Kier molecular flexibility index (Phi) is 5.07. The van der Waals surface area contributed by atoms with E-state index >= 15 is 0 Å². The highest BCUT2D eigenvalue weighted by molar-refractivity contribution is 5.90. The first-order chi connectivity index (χ1) is 12.5. The van der Waals surface area contributed by atoms with Crippen LogP contribution in [0.1, 0.15) is 5.56 Å². The summed E-state index contributed by atoms with van der Waals surface area (Å²) in [7, 11) is 0. The molecule has 3 rings (SSSR count). The summed E-state index contributed by atoms with van der Waals surface area (Å²) >= 11 is 0. The van der Waals surface area contributed by atoms with Crippen LogP contribution in [0.3, 0.4) is 0 Å². The number of fused-ring (bicyclic) bond motifs is 1. The number of carbonyl (C=O) groups excluding carboxylic acids is 1. The largest absolute Gasteiger partial charge is 0.434 e. The maximum Gasteiger partial charge on any atom is 0.387 e. The van der Waals surface area contributed by atoms with E-state index in [9.17, 15) is 18.4 Å². The van der Waals surface area contributed by atoms with Crippen LogP contribution in [0.5, 0.6) is 11.5 Å². The Balaban J connectivity index is 1.75. The lowest BCUT2D eigenvalue weighted by atomic mass is 10.2. The van der Waals surface area contributed by atoms with Gasteiger partial charge in [-0.25, -0.2) is 9.59 Å². The second-order valence-corrected chi connectivity index (χ2v) is 5.12. The standard InChI is InChI=1S/C19H12F2O5/c20-19(21)26-15-4-2-1-3-12(15)6-9-17(22)24-14-8-5-13-7-10-18(23)25-16(13)11-14/h1-11,19H/b9-6+. The van der Waals surface area contributed by atoms with Gasteiger partial charge in [0.2, 0.25) is 0 Å². The lowest BCUT2D eigenvalue weighted by Crippen LogP contribution is -2.05. The van der Waals surface area contributed by atoms with Crippen LogP contribution >= 0.6 is 0 Å². The van der Waals surface area contributed by atoms with Gasteiger partial charge in [-0.15, -0.1) is 0 Å². The SMILES string of the molecule is O=C(/C=C/c1ccccc1OC(F)F)Oc1ccc2ccc(=O)oc2c1. The number of hydrogen-bond donors (Lipinski definition) is 0. The Hall–Kier alpha value is -3.48. The van der Waals surface area contributed by atoms with Gasteiger partial charge in [-0.2, -0.15) is 8.78 Å². The van der Waals surface area contributed by atoms with E-state index in [0.29, 0.717) is 10.9 Å². The van der Waals surface area contributed by atoms with E-state index in [1.165, 1.54) is 36.4 Å². The van der Waals surface area contributed by atoms with E-state index in [2.05, 4.69) is 4.74 Å². The second-order valence-electron chi connectivity index (χ2n) is 5.12. The van der Waals surface area contributed by atoms with E-state index in [4.69, 9.17) is 9.15 Å². The van der Waals surface area contributed by atoms with Gasteiger partial charge < -0.3 is 13.9 Å². The number of carbonyl (C=O) groups is 1. The van der Waals surface area contributed by atoms with Crippen molar-refractivity contribution >= 4 is 23.0 Å². The fraction of sp³-hybridized carbons (Fsp3) is 0.0526. The molecule has 0 aliphatic carbocycles. The lowest BCUT2D eigenvalue weighted by molar-refractivity contribution is -0.128. The number of rotatable bonds is 5. The molecule has 1 aromatic heterocycles. The van der Waals surface area contributed by atoms with Crippen molar-refractivity contribution in [3.05, 3.63) is 76.7 Å². The summed E-state index contributed by atoms with van der Waals surface area (Å²) in [6.07, 6.45) is 2.39. The van der Waals surface area contributed by atoms with Crippen molar-refractivity contribution in [1.29, 1.82) is 0 Å². The van der Waals surface area contributed by atoms with Gasteiger partial charge in [0.15, 0.2) is 0 Å². The Morgan fingerprint density at radius 3 is 2.65 bits per heavy atom. The van der Waals surface area contributed by atoms with Crippen LogP contribution in [-0.4, -0.2) is 12.6 Å². The first kappa shape index (κ1) is 17.3. The normalized spacial score (nSPS) is 11.2. The third-order valence-corrected chi connectivity index (χ3v) is 3.35. The van der Waals surface area contributed by atoms with Gasteiger partial charge in [0.1, 0.15) is 17.1 Å². The van der Waals surface area contributed by atoms with Gasteiger partial charge in [0, 0.05) is 29.2 Å². The van der Waals surface area contributed by atoms with E-state index < -0.39 is 18.2 Å². The van der Waals surface area contributed by atoms with Crippen LogP contribution in [0.4, 0.5) is 8.78 Å². The molecule has 0 radical (unpaired) electrons. The van der Waals surface area contributed by atoms with Crippen LogP contribution in [0.15, 0.2) is 69.9 Å². The highest BCUT2D eigenvalue weighted by Crippen LogP contribution is 2.22. The monoisotopic (exact) mass is 358 g/mol. The molecule has 1 heterocycles. The van der Waals surface area contributed by atoms with Crippen molar-refractivity contribution in [2.75, 3.05) is 0 Å². The molecule has 0 atom stereocenters. The topological polar surface area (TPSA) is 65.7 Å². The Morgan fingerprint density at radius 2 is 1.85 bits per heavy atom. The minimum Gasteiger partial charge on any atom is -0.434 e. The number of alkyl halides is 2. The van der Waals surface area contributed by atoms with Gasteiger partial charge in [0.25, 0.3) is 0 Å². The van der Waals surface area contributed by atoms with Crippen LogP contribution in [0.25, 0.3) is 17.0 Å². The second kappa shape index (κ2) is 7.60. The maximum absolute atomic E-state index is 12.4. The molecule has 0 fully saturated rings. The zero-order valence-corrected chi connectivity index (χ0v) is 13.2. The molecule has 5 nitrogen and oxygen atoms in total. The molecule has 132 valence electrons. The fourth-order valence-corrected chi connectivity index (χ4v) is 2.23. The van der Waals surface area contributed by atoms with Crippen molar-refractivity contribution in [3.63, 3.8) is 0 Å². The molecule has 0 bridgehead atoms. The van der Waals surface area contributed by atoms with E-state index in [1.54, 1.807) is 24.3 Å². The quantitative estimate of drug-likeness (QED) is 0.298. The molecule has 0 unspecified atom stereocenters. The molecular formula is C19H12F2O5. The predicted octanol–water partition coefficient (Wildman–Crippen LogP) is 4.01. The average molecular weight is 358 g/mol. The third-order valence-electron chi connectivity index (χ3n) is 3.35. The van der Waals surface area contributed by atoms with E-state index in [1.807, 2.05) is 0 Å². The van der Waals surface area contributed by atoms with Crippen molar-refractivity contribution in [2.45, 2.75) is 6.61 Å². The summed E-state index contributed by atoms with van der Waals surface area (Å²) in [6, 6.07) is 13.5. The summed E-state index contributed by atoms with van der Waals surface area (Å²) in [5, 5.41) is 0.679. The molecule has 0 aliphatic heterocycles. The smallest absolute Gasteiger partial charge is 0.387 e. The molecule has 0 N–H and O–H groups in total. The number of halogens is 2. The molecular weight excluding hydrogens is 346 g/mol. The molecule has 0 aliphatic rings. The minimum atomic E-state index is -2.97. The molecule has 26 heavy (non-hydrogen) atoms. The molecule has 2 aromatic carbocycles. The molecule has 0 saturated heterocycles. The van der Waals surface area contributed by atoms with Crippen LogP contribution in [-0.2, 0) is 4.79 Å². The Labute approximate surface area is 146 Å². The van der Waals surface area contributed by atoms with E-state index in [-0.39, 0.29) is 17.1 Å². The summed E-state index contributed by atoms with van der Waals surface area (Å²) in [5.74, 6) is -0.605. The van der Waals surface area contributed by atoms with Gasteiger partial charge in [-0.05, 0) is 30.3 Å². The van der Waals surface area contributed by atoms with Crippen molar-refractivity contribution < 1.29 is 27.5 Å². The summed E-state index contributed by atoms with van der Waals surface area (Å²) in [5.41, 5.74) is 0.0632. The summed E-state index contributed by atoms with van der Waals surface area (Å²) in [4.78, 5) is 23.2. The van der Waals surface area contributed by atoms with Crippen molar-refractivity contribution in [3.8, 4) is 11.5 Å². The molecule has 7 heteroatoms. The fourth-order valence-electron chi connectivity index (χ4n) is 2.23. The predicted molar refractivity (Wildman–Crippen MR) is 90.2 cm³/mol. The number of esters is 1. The summed E-state index contributed by atoms with van der Waals surface area (Å²) in [6.45, 7) is -2.97. The number of hydrogen-bond acceptors (Lipinski definition) is 5. The van der Waals surface area contributed by atoms with Crippen molar-refractivity contribution in [1.82, 2.24) is 0 Å².